The van der Waals surface area contributed by atoms with Crippen LogP contribution in [0.4, 0.5) is 5.69 Å². The molecule has 0 aromatic heterocycles. The largest absolute Gasteiger partial charge is 0.497 e. The maximum atomic E-state index is 14.1. The molecule has 0 aliphatic rings. The number of methoxy groups -OCH3 is 1. The van der Waals surface area contributed by atoms with Gasteiger partial charge < -0.3 is 15.0 Å². The van der Waals surface area contributed by atoms with Crippen LogP contribution in [0.2, 0.25) is 0 Å². The number of hydrogen-bond donors (Lipinski definition) is 1. The first-order valence-corrected chi connectivity index (χ1v) is 15.1. The summed E-state index contributed by atoms with van der Waals surface area (Å²) in [5.74, 6) is 0.0297. The van der Waals surface area contributed by atoms with E-state index in [0.29, 0.717) is 18.0 Å². The number of ether oxygens (including phenoxy) is 1. The van der Waals surface area contributed by atoms with E-state index in [9.17, 15) is 18.0 Å². The van der Waals surface area contributed by atoms with Crippen molar-refractivity contribution >= 4 is 27.5 Å². The second-order valence-corrected chi connectivity index (χ2v) is 12.6. The van der Waals surface area contributed by atoms with Crippen molar-refractivity contribution in [2.24, 2.45) is 5.92 Å². The van der Waals surface area contributed by atoms with Crippen LogP contribution in [-0.4, -0.2) is 51.4 Å². The molecule has 0 radical (unpaired) electrons. The Hall–Kier alpha value is -3.85. The summed E-state index contributed by atoms with van der Waals surface area (Å²) in [5, 5.41) is 2.90. The normalized spacial score (nSPS) is 12.1. The van der Waals surface area contributed by atoms with Crippen molar-refractivity contribution in [1.29, 1.82) is 0 Å². The molecular formula is C32H41N3O5S. The Morgan fingerprint density at radius 1 is 0.902 bits per heavy atom. The minimum Gasteiger partial charge on any atom is -0.497 e. The Morgan fingerprint density at radius 2 is 1.59 bits per heavy atom. The summed E-state index contributed by atoms with van der Waals surface area (Å²) in [6, 6.07) is 18.2. The van der Waals surface area contributed by atoms with E-state index in [2.05, 4.69) is 5.32 Å². The van der Waals surface area contributed by atoms with Crippen LogP contribution in [0, 0.1) is 26.7 Å². The van der Waals surface area contributed by atoms with Gasteiger partial charge in [-0.25, -0.2) is 8.42 Å². The Morgan fingerprint density at radius 3 is 2.20 bits per heavy atom. The fourth-order valence-electron chi connectivity index (χ4n) is 4.25. The minimum atomic E-state index is -4.11. The van der Waals surface area contributed by atoms with Crippen molar-refractivity contribution in [2.45, 2.75) is 59.0 Å². The van der Waals surface area contributed by atoms with Gasteiger partial charge in [-0.3, -0.25) is 13.9 Å². The molecule has 0 bridgehead atoms. The van der Waals surface area contributed by atoms with E-state index >= 15 is 0 Å². The van der Waals surface area contributed by atoms with E-state index < -0.39 is 28.5 Å². The smallest absolute Gasteiger partial charge is 0.264 e. The molecule has 0 saturated carbocycles. The standard InChI is InChI=1S/C32H41N3O5S/c1-22(2)19-33-32(37)26(6)34(20-27-9-8-10-29(18-27)40-7)31(36)21-35(28-14-13-24(4)25(5)17-28)41(38,39)30-15-11-23(3)12-16-30/h8-18,22,26H,19-21H2,1-7H3,(H,33,37)/t26-/m0/s1. The van der Waals surface area contributed by atoms with Crippen molar-refractivity contribution in [3.63, 3.8) is 0 Å². The zero-order chi connectivity index (χ0) is 30.3. The number of sulfonamides is 1. The van der Waals surface area contributed by atoms with Gasteiger partial charge in [-0.15, -0.1) is 0 Å². The fraction of sp³-hybridized carbons (Fsp3) is 0.375. The molecule has 41 heavy (non-hydrogen) atoms. The molecule has 3 aromatic carbocycles. The van der Waals surface area contributed by atoms with Gasteiger partial charge in [-0.1, -0.05) is 49.7 Å². The number of hydrogen-bond acceptors (Lipinski definition) is 5. The van der Waals surface area contributed by atoms with E-state index in [0.717, 1.165) is 26.6 Å². The van der Waals surface area contributed by atoms with Gasteiger partial charge in [0.15, 0.2) is 0 Å². The van der Waals surface area contributed by atoms with Crippen LogP contribution in [0.3, 0.4) is 0 Å². The topological polar surface area (TPSA) is 96.0 Å². The highest BCUT2D eigenvalue weighted by molar-refractivity contribution is 7.92. The molecule has 1 atom stereocenters. The molecule has 0 aliphatic carbocycles. The summed E-state index contributed by atoms with van der Waals surface area (Å²) in [6.07, 6.45) is 0. The van der Waals surface area contributed by atoms with Crippen LogP contribution in [0.5, 0.6) is 5.75 Å². The first-order valence-electron chi connectivity index (χ1n) is 13.7. The number of benzene rings is 3. The van der Waals surface area contributed by atoms with Gasteiger partial charge >= 0.3 is 0 Å². The number of carbonyl (C=O) groups excluding carboxylic acids is 2. The first kappa shape index (κ1) is 31.7. The highest BCUT2D eigenvalue weighted by atomic mass is 32.2. The molecule has 0 heterocycles. The van der Waals surface area contributed by atoms with Crippen molar-refractivity contribution in [2.75, 3.05) is 24.5 Å². The monoisotopic (exact) mass is 579 g/mol. The molecule has 0 saturated heterocycles. The number of rotatable bonds is 12. The van der Waals surface area contributed by atoms with Crippen molar-refractivity contribution in [1.82, 2.24) is 10.2 Å². The molecule has 220 valence electrons. The third-order valence-electron chi connectivity index (χ3n) is 7.01. The van der Waals surface area contributed by atoms with Gasteiger partial charge in [0.2, 0.25) is 11.8 Å². The lowest BCUT2D eigenvalue weighted by Gasteiger charge is -2.32. The number of carbonyl (C=O) groups is 2. The number of aryl methyl sites for hydroxylation is 3. The Kier molecular flexibility index (Phi) is 10.6. The summed E-state index contributed by atoms with van der Waals surface area (Å²) < 4.78 is 34.4. The van der Waals surface area contributed by atoms with Gasteiger partial charge in [0, 0.05) is 13.1 Å². The lowest BCUT2D eigenvalue weighted by Crippen LogP contribution is -2.51. The molecule has 9 heteroatoms. The number of nitrogens with zero attached hydrogens (tertiary/aromatic N) is 2. The Labute approximate surface area is 244 Å². The lowest BCUT2D eigenvalue weighted by molar-refractivity contribution is -0.139. The SMILES string of the molecule is COc1cccc(CN(C(=O)CN(c2ccc(C)c(C)c2)S(=O)(=O)c2ccc(C)cc2)[C@@H](C)C(=O)NCC(C)C)c1. The quantitative estimate of drug-likeness (QED) is 0.326. The maximum Gasteiger partial charge on any atom is 0.264 e. The van der Waals surface area contributed by atoms with Crippen LogP contribution in [0.1, 0.15) is 43.0 Å². The zero-order valence-corrected chi connectivity index (χ0v) is 25.8. The van der Waals surface area contributed by atoms with Crippen molar-refractivity contribution in [3.8, 4) is 5.75 Å². The minimum absolute atomic E-state index is 0.0798. The van der Waals surface area contributed by atoms with E-state index in [-0.39, 0.29) is 23.3 Å². The van der Waals surface area contributed by atoms with Crippen molar-refractivity contribution < 1.29 is 22.7 Å². The van der Waals surface area contributed by atoms with Crippen LogP contribution < -0.4 is 14.4 Å². The molecule has 2 amide bonds. The first-order chi connectivity index (χ1) is 19.3. The van der Waals surface area contributed by atoms with Crippen LogP contribution in [-0.2, 0) is 26.2 Å². The van der Waals surface area contributed by atoms with Gasteiger partial charge in [-0.2, -0.15) is 0 Å². The number of amides is 2. The second-order valence-electron chi connectivity index (χ2n) is 10.8. The van der Waals surface area contributed by atoms with Gasteiger partial charge in [0.1, 0.15) is 18.3 Å². The summed E-state index contributed by atoms with van der Waals surface area (Å²) in [6.45, 7) is 11.4. The summed E-state index contributed by atoms with van der Waals surface area (Å²) in [7, 11) is -2.56. The molecule has 3 aromatic rings. The summed E-state index contributed by atoms with van der Waals surface area (Å²) >= 11 is 0. The van der Waals surface area contributed by atoms with Gasteiger partial charge in [-0.05, 0) is 86.7 Å². The van der Waals surface area contributed by atoms with E-state index in [4.69, 9.17) is 4.74 Å². The van der Waals surface area contributed by atoms with E-state index in [1.807, 2.05) is 52.8 Å². The fourth-order valence-corrected chi connectivity index (χ4v) is 5.66. The number of nitrogens with one attached hydrogen (secondary N) is 1. The average molecular weight is 580 g/mol. The maximum absolute atomic E-state index is 14.1. The molecule has 0 aliphatic heterocycles. The molecule has 3 rings (SSSR count). The van der Waals surface area contributed by atoms with Crippen LogP contribution in [0.15, 0.2) is 71.6 Å². The Balaban J connectivity index is 2.05. The van der Waals surface area contributed by atoms with Gasteiger partial charge in [0.05, 0.1) is 17.7 Å². The molecule has 8 nitrogen and oxygen atoms in total. The molecule has 0 fully saturated rings. The molecule has 0 unspecified atom stereocenters. The lowest BCUT2D eigenvalue weighted by atomic mass is 10.1. The predicted molar refractivity (Wildman–Crippen MR) is 162 cm³/mol. The Bertz CT molecular complexity index is 1470. The van der Waals surface area contributed by atoms with E-state index in [1.165, 1.54) is 4.90 Å². The van der Waals surface area contributed by atoms with E-state index in [1.54, 1.807) is 62.6 Å². The summed E-state index contributed by atoms with van der Waals surface area (Å²) in [5.41, 5.74) is 3.95. The third kappa shape index (κ3) is 8.10. The second kappa shape index (κ2) is 13.7. The zero-order valence-electron chi connectivity index (χ0n) is 25.0. The highest BCUT2D eigenvalue weighted by Crippen LogP contribution is 2.27. The molecule has 0 spiro atoms. The predicted octanol–water partition coefficient (Wildman–Crippen LogP) is 5.01. The average Bonchev–Trinajstić information content (AvgIpc) is 2.94. The van der Waals surface area contributed by atoms with Crippen LogP contribution in [0.25, 0.3) is 0 Å². The molecule has 1 N–H and O–H groups in total. The third-order valence-corrected chi connectivity index (χ3v) is 8.79. The highest BCUT2D eigenvalue weighted by Gasteiger charge is 2.32. The van der Waals surface area contributed by atoms with Crippen LogP contribution >= 0.6 is 0 Å². The summed E-state index contributed by atoms with van der Waals surface area (Å²) in [4.78, 5) is 28.7. The van der Waals surface area contributed by atoms with Crippen molar-refractivity contribution in [3.05, 3.63) is 89.0 Å². The number of anilines is 1. The van der Waals surface area contributed by atoms with Gasteiger partial charge in [0.25, 0.3) is 10.0 Å². The molecular weight excluding hydrogens is 538 g/mol.